The minimum atomic E-state index is -4.42. The van der Waals surface area contributed by atoms with Crippen LogP contribution in [0.2, 0.25) is 0 Å². The third-order valence-corrected chi connectivity index (χ3v) is 4.85. The number of likely N-dealkylation sites (N-methyl/N-ethyl adjacent to an activating group) is 1. The molecule has 0 spiro atoms. The fraction of sp³-hybridized carbons (Fsp3) is 0.714. The molecular weight excluding hydrogens is 337 g/mol. The molecular formula is C14H23N3O6P-. The molecule has 2 rings (SSSR count). The van der Waals surface area contributed by atoms with Crippen molar-refractivity contribution < 1.29 is 28.7 Å². The van der Waals surface area contributed by atoms with E-state index in [0.29, 0.717) is 13.1 Å². The molecule has 0 aromatic heterocycles. The predicted molar refractivity (Wildman–Crippen MR) is 84.0 cm³/mol. The van der Waals surface area contributed by atoms with Gasteiger partial charge in [0.1, 0.15) is 7.60 Å². The molecule has 3 N–H and O–H groups in total. The van der Waals surface area contributed by atoms with Crippen LogP contribution >= 0.6 is 7.60 Å². The molecule has 5 atom stereocenters. The van der Waals surface area contributed by atoms with Crippen LogP contribution in [0.5, 0.6) is 0 Å². The van der Waals surface area contributed by atoms with Crippen LogP contribution in [-0.4, -0.2) is 73.7 Å². The summed E-state index contributed by atoms with van der Waals surface area (Å²) in [5, 5.41) is 5.25. The highest BCUT2D eigenvalue weighted by atomic mass is 31.2. The summed E-state index contributed by atoms with van der Waals surface area (Å²) < 4.78 is 16.3. The molecule has 2 aliphatic rings. The highest BCUT2D eigenvalue weighted by molar-refractivity contribution is 7.50. The Hall–Kier alpha value is -1.25. The first-order valence-electron chi connectivity index (χ1n) is 7.76. The topological polar surface area (TPSA) is 131 Å². The average Bonchev–Trinajstić information content (AvgIpc) is 3.05. The van der Waals surface area contributed by atoms with Crippen LogP contribution in [0.3, 0.4) is 0 Å². The van der Waals surface area contributed by atoms with Gasteiger partial charge in [0.25, 0.3) is 0 Å². The van der Waals surface area contributed by atoms with Gasteiger partial charge in [-0.15, -0.1) is 0 Å². The van der Waals surface area contributed by atoms with E-state index >= 15 is 0 Å². The quantitative estimate of drug-likeness (QED) is 0.334. The smallest absolute Gasteiger partial charge is 0.227 e. The number of rotatable bonds is 8. The molecule has 3 unspecified atom stereocenters. The summed E-state index contributed by atoms with van der Waals surface area (Å²) in [4.78, 5) is 46.1. The predicted octanol–water partition coefficient (Wildman–Crippen LogP) is -2.10. The van der Waals surface area contributed by atoms with Crippen LogP contribution in [-0.2, 0) is 18.9 Å². The van der Waals surface area contributed by atoms with Crippen molar-refractivity contribution in [3.8, 4) is 0 Å². The lowest BCUT2D eigenvalue weighted by molar-refractivity contribution is -0.193. The minimum Gasteiger partial charge on any atom is -0.779 e. The van der Waals surface area contributed by atoms with Crippen LogP contribution in [0.1, 0.15) is 0 Å². The molecule has 0 aromatic rings. The molecule has 9 nitrogen and oxygen atoms in total. The molecule has 0 aromatic carbocycles. The molecule has 1 fully saturated rings. The summed E-state index contributed by atoms with van der Waals surface area (Å²) in [5.41, 5.74) is 0. The Morgan fingerprint density at radius 1 is 1.17 bits per heavy atom. The first-order chi connectivity index (χ1) is 11.2. The fourth-order valence-electron chi connectivity index (χ4n) is 2.89. The molecule has 0 saturated carbocycles. The lowest BCUT2D eigenvalue weighted by Crippen LogP contribution is -2.47. The second-order valence-corrected chi connectivity index (χ2v) is 7.97. The van der Waals surface area contributed by atoms with Gasteiger partial charge in [-0.3, -0.25) is 9.59 Å². The Kier molecular flexibility index (Phi) is 6.17. The van der Waals surface area contributed by atoms with Gasteiger partial charge in [-0.25, -0.2) is 0 Å². The Labute approximate surface area is 140 Å². The molecule has 2 amide bonds. The number of amides is 2. The Morgan fingerprint density at radius 3 is 2.12 bits per heavy atom. The Morgan fingerprint density at radius 2 is 1.67 bits per heavy atom. The zero-order chi connectivity index (χ0) is 17.9. The second kappa shape index (κ2) is 7.76. The van der Waals surface area contributed by atoms with Crippen LogP contribution in [0.25, 0.3) is 0 Å². The van der Waals surface area contributed by atoms with Gasteiger partial charge in [0, 0.05) is 25.8 Å². The monoisotopic (exact) mass is 360 g/mol. The van der Waals surface area contributed by atoms with Crippen LogP contribution in [0, 0.1) is 11.8 Å². The standard InChI is InChI=1S/C14H24N3O6P/c1-17(2)7-5-15-13(18)11-9-3-4-10(23-9)12(11)14(19)16-6-8-24(20,21)22/h3-4,9-12H,5-8H2,1-2H3,(H,15,18)(H,16,19)(H2,20,21,22)/p-1/t9-,10+,11?,12?/m0/s1. The van der Waals surface area contributed by atoms with E-state index in [2.05, 4.69) is 10.6 Å². The summed E-state index contributed by atoms with van der Waals surface area (Å²) in [7, 11) is -0.638. The van der Waals surface area contributed by atoms with Gasteiger partial charge in [-0.2, -0.15) is 0 Å². The number of hydrogen-bond donors (Lipinski definition) is 3. The largest absolute Gasteiger partial charge is 0.779 e. The summed E-state index contributed by atoms with van der Waals surface area (Å²) in [6.45, 7) is 0.930. The number of hydrogen-bond acceptors (Lipinski definition) is 6. The third-order valence-electron chi connectivity index (χ3n) is 4.06. The van der Waals surface area contributed by atoms with Crippen molar-refractivity contribution in [1.82, 2.24) is 15.5 Å². The number of nitrogens with zero attached hydrogens (tertiary/aromatic N) is 1. The van der Waals surface area contributed by atoms with E-state index in [1.807, 2.05) is 19.0 Å². The summed E-state index contributed by atoms with van der Waals surface area (Å²) in [6.07, 6.45) is 2.02. The van der Waals surface area contributed by atoms with Crippen molar-refractivity contribution in [2.75, 3.05) is 39.9 Å². The zero-order valence-corrected chi connectivity index (χ0v) is 14.6. The summed E-state index contributed by atoms with van der Waals surface area (Å²) in [5.74, 6) is -2.06. The maximum atomic E-state index is 12.4. The molecule has 0 radical (unpaired) electrons. The number of carbonyl (C=O) groups excluding carboxylic acids is 2. The van der Waals surface area contributed by atoms with E-state index < -0.39 is 43.7 Å². The van der Waals surface area contributed by atoms with Gasteiger partial charge in [-0.1, -0.05) is 12.2 Å². The summed E-state index contributed by atoms with van der Waals surface area (Å²) in [6, 6.07) is 0. The van der Waals surface area contributed by atoms with Crippen molar-refractivity contribution in [1.29, 1.82) is 0 Å². The lowest BCUT2D eigenvalue weighted by atomic mass is 9.81. The fourth-order valence-corrected chi connectivity index (χ4v) is 3.29. The minimum absolute atomic E-state index is 0.206. The highest BCUT2D eigenvalue weighted by Gasteiger charge is 2.52. The van der Waals surface area contributed by atoms with E-state index in [1.165, 1.54) is 0 Å². The van der Waals surface area contributed by atoms with E-state index in [9.17, 15) is 19.0 Å². The van der Waals surface area contributed by atoms with Crippen molar-refractivity contribution in [2.24, 2.45) is 11.8 Å². The van der Waals surface area contributed by atoms with Crippen molar-refractivity contribution >= 4 is 19.4 Å². The Bertz CT molecular complexity index is 561. The second-order valence-electron chi connectivity index (χ2n) is 6.25. The van der Waals surface area contributed by atoms with Crippen LogP contribution in [0.15, 0.2) is 12.2 Å². The first kappa shape index (κ1) is 19.1. The van der Waals surface area contributed by atoms with Gasteiger partial charge in [0.05, 0.1) is 24.0 Å². The molecule has 1 saturated heterocycles. The van der Waals surface area contributed by atoms with Crippen molar-refractivity contribution in [2.45, 2.75) is 12.2 Å². The van der Waals surface area contributed by atoms with Gasteiger partial charge < -0.3 is 34.6 Å². The summed E-state index contributed by atoms with van der Waals surface area (Å²) >= 11 is 0. The number of ether oxygens (including phenoxy) is 1. The van der Waals surface area contributed by atoms with Crippen molar-refractivity contribution in [3.05, 3.63) is 12.2 Å². The highest BCUT2D eigenvalue weighted by Crippen LogP contribution is 2.39. The molecule has 2 aliphatic heterocycles. The van der Waals surface area contributed by atoms with Crippen LogP contribution in [0.4, 0.5) is 0 Å². The normalized spacial score (nSPS) is 30.4. The Balaban J connectivity index is 1.94. The molecule has 2 heterocycles. The average molecular weight is 360 g/mol. The number of fused-ring (bicyclic) bond motifs is 2. The van der Waals surface area contributed by atoms with Gasteiger partial charge in [-0.05, 0) is 14.1 Å². The number of carbonyl (C=O) groups is 2. The van der Waals surface area contributed by atoms with Gasteiger partial charge >= 0.3 is 0 Å². The van der Waals surface area contributed by atoms with E-state index in [1.54, 1.807) is 12.2 Å². The lowest BCUT2D eigenvalue weighted by Gasteiger charge is -2.24. The van der Waals surface area contributed by atoms with E-state index in [4.69, 9.17) is 9.63 Å². The maximum Gasteiger partial charge on any atom is 0.227 e. The number of nitrogens with one attached hydrogen (secondary N) is 2. The third kappa shape index (κ3) is 4.87. The van der Waals surface area contributed by atoms with Gasteiger partial charge in [0.15, 0.2) is 0 Å². The molecule has 10 heteroatoms. The van der Waals surface area contributed by atoms with E-state index in [0.717, 1.165) is 0 Å². The molecule has 136 valence electrons. The molecule has 24 heavy (non-hydrogen) atoms. The first-order valence-corrected chi connectivity index (χ1v) is 9.52. The maximum absolute atomic E-state index is 12.4. The van der Waals surface area contributed by atoms with Gasteiger partial charge in [0.2, 0.25) is 11.8 Å². The zero-order valence-electron chi connectivity index (χ0n) is 13.7. The van der Waals surface area contributed by atoms with Crippen molar-refractivity contribution in [3.63, 3.8) is 0 Å². The van der Waals surface area contributed by atoms with E-state index in [-0.39, 0.29) is 12.5 Å². The van der Waals surface area contributed by atoms with Crippen LogP contribution < -0.4 is 15.5 Å². The molecule has 0 aliphatic carbocycles. The SMILES string of the molecule is CN(C)CCNC(=O)C1C(C(=O)NCCP(=O)([O-])O)[C@H]2C=C[C@@H]1O2. The molecule has 2 bridgehead atoms.